The molecule has 1 aliphatic rings. The zero-order valence-electron chi connectivity index (χ0n) is 12.8. The monoisotopic (exact) mass is 318 g/mol. The predicted molar refractivity (Wildman–Crippen MR) is 85.7 cm³/mol. The molecule has 0 saturated heterocycles. The van der Waals surface area contributed by atoms with Crippen LogP contribution in [0, 0.1) is 13.8 Å². The number of aromatic nitrogens is 3. The second kappa shape index (κ2) is 5.33. The van der Waals surface area contributed by atoms with E-state index in [1.807, 2.05) is 32.1 Å². The summed E-state index contributed by atoms with van der Waals surface area (Å²) in [5.74, 6) is 0.732. The molecule has 6 nitrogen and oxygen atoms in total. The van der Waals surface area contributed by atoms with Crippen molar-refractivity contribution in [3.63, 3.8) is 0 Å². The van der Waals surface area contributed by atoms with Crippen molar-refractivity contribution in [1.82, 2.24) is 19.3 Å². The van der Waals surface area contributed by atoms with Gasteiger partial charge in [-0.15, -0.1) is 0 Å². The van der Waals surface area contributed by atoms with Crippen LogP contribution in [0.5, 0.6) is 0 Å². The van der Waals surface area contributed by atoms with E-state index in [9.17, 15) is 8.42 Å². The summed E-state index contributed by atoms with van der Waals surface area (Å²) >= 11 is 0. The molecule has 22 heavy (non-hydrogen) atoms. The van der Waals surface area contributed by atoms with E-state index in [4.69, 9.17) is 0 Å². The molecule has 0 unspecified atom stereocenters. The number of nitrogens with one attached hydrogen (secondary N) is 1. The molecular formula is C15H18N4O2S. The highest BCUT2D eigenvalue weighted by Gasteiger charge is 2.23. The summed E-state index contributed by atoms with van der Waals surface area (Å²) < 4.78 is 24.7. The lowest BCUT2D eigenvalue weighted by molar-refractivity contribution is 0.496. The average Bonchev–Trinajstić information content (AvgIpc) is 3.07. The standard InChI is InChI=1S/C15H18N4O2S/c1-10-11(2)18-15(17-10)14-8-12(4-6-16-14)13-5-7-19(9-13)22(3,20)21/h4-6,8H,7,9H2,1-3H3,(H,17,18). The fraction of sp³-hybridized carbons (Fsp3) is 0.333. The Morgan fingerprint density at radius 3 is 2.68 bits per heavy atom. The van der Waals surface area contributed by atoms with E-state index >= 15 is 0 Å². The molecule has 0 aliphatic carbocycles. The van der Waals surface area contributed by atoms with Gasteiger partial charge in [0.2, 0.25) is 10.0 Å². The molecule has 7 heteroatoms. The van der Waals surface area contributed by atoms with E-state index in [1.165, 1.54) is 10.6 Å². The maximum absolute atomic E-state index is 11.6. The van der Waals surface area contributed by atoms with E-state index in [0.717, 1.165) is 34.0 Å². The van der Waals surface area contributed by atoms with Crippen LogP contribution in [0.2, 0.25) is 0 Å². The first kappa shape index (κ1) is 14.9. The minimum absolute atomic E-state index is 0.401. The Bertz CT molecular complexity index is 833. The number of aromatic amines is 1. The highest BCUT2D eigenvalue weighted by atomic mass is 32.2. The lowest BCUT2D eigenvalue weighted by atomic mass is 10.1. The van der Waals surface area contributed by atoms with Crippen molar-refractivity contribution in [2.75, 3.05) is 19.3 Å². The molecule has 0 spiro atoms. The van der Waals surface area contributed by atoms with Gasteiger partial charge in [0.25, 0.3) is 0 Å². The average molecular weight is 318 g/mol. The van der Waals surface area contributed by atoms with Gasteiger partial charge in [-0.25, -0.2) is 13.4 Å². The second-order valence-electron chi connectivity index (χ2n) is 5.51. The highest BCUT2D eigenvalue weighted by Crippen LogP contribution is 2.25. The van der Waals surface area contributed by atoms with Crippen molar-refractivity contribution in [2.45, 2.75) is 13.8 Å². The van der Waals surface area contributed by atoms with Gasteiger partial charge < -0.3 is 4.98 Å². The number of aryl methyl sites for hydroxylation is 2. The van der Waals surface area contributed by atoms with Crippen LogP contribution in [0.25, 0.3) is 17.1 Å². The number of hydrogen-bond donors (Lipinski definition) is 1. The van der Waals surface area contributed by atoms with Crippen LogP contribution < -0.4 is 0 Å². The van der Waals surface area contributed by atoms with Crippen LogP contribution in [0.4, 0.5) is 0 Å². The zero-order valence-corrected chi connectivity index (χ0v) is 13.6. The molecule has 0 aromatic carbocycles. The zero-order chi connectivity index (χ0) is 15.9. The van der Waals surface area contributed by atoms with Crippen LogP contribution in [0.15, 0.2) is 24.4 Å². The summed E-state index contributed by atoms with van der Waals surface area (Å²) in [6.07, 6.45) is 4.90. The van der Waals surface area contributed by atoms with Gasteiger partial charge in [0.15, 0.2) is 5.82 Å². The summed E-state index contributed by atoms with van der Waals surface area (Å²) in [7, 11) is -3.16. The smallest absolute Gasteiger partial charge is 0.211 e. The number of nitrogens with zero attached hydrogens (tertiary/aromatic N) is 3. The number of sulfonamides is 1. The molecular weight excluding hydrogens is 300 g/mol. The Kier molecular flexibility index (Phi) is 3.62. The van der Waals surface area contributed by atoms with Gasteiger partial charge in [0.05, 0.1) is 11.9 Å². The summed E-state index contributed by atoms with van der Waals surface area (Å²) in [6, 6.07) is 3.83. The normalized spacial score (nSPS) is 16.0. The van der Waals surface area contributed by atoms with Crippen molar-refractivity contribution in [3.8, 4) is 11.5 Å². The molecule has 1 aliphatic heterocycles. The first-order valence-electron chi connectivity index (χ1n) is 6.99. The lowest BCUT2D eigenvalue weighted by Crippen LogP contribution is -2.27. The van der Waals surface area contributed by atoms with E-state index in [2.05, 4.69) is 15.0 Å². The number of pyridine rings is 1. The fourth-order valence-corrected chi connectivity index (χ4v) is 3.14. The maximum Gasteiger partial charge on any atom is 0.211 e. The largest absolute Gasteiger partial charge is 0.341 e. The van der Waals surface area contributed by atoms with Gasteiger partial charge >= 0.3 is 0 Å². The molecule has 2 aromatic heterocycles. The quantitative estimate of drug-likeness (QED) is 0.935. The van der Waals surface area contributed by atoms with Crippen LogP contribution in [0.3, 0.4) is 0 Å². The molecule has 0 amide bonds. The van der Waals surface area contributed by atoms with E-state index < -0.39 is 10.0 Å². The first-order valence-corrected chi connectivity index (χ1v) is 8.83. The molecule has 0 fully saturated rings. The highest BCUT2D eigenvalue weighted by molar-refractivity contribution is 7.88. The predicted octanol–water partition coefficient (Wildman–Crippen LogP) is 1.75. The first-order chi connectivity index (χ1) is 10.3. The minimum atomic E-state index is -3.16. The third-order valence-electron chi connectivity index (χ3n) is 3.86. The summed E-state index contributed by atoms with van der Waals surface area (Å²) in [5.41, 5.74) is 4.69. The fourth-order valence-electron chi connectivity index (χ4n) is 2.42. The van der Waals surface area contributed by atoms with Gasteiger partial charge in [-0.3, -0.25) is 4.98 Å². The second-order valence-corrected chi connectivity index (χ2v) is 7.49. The van der Waals surface area contributed by atoms with Crippen molar-refractivity contribution in [2.24, 2.45) is 0 Å². The maximum atomic E-state index is 11.6. The molecule has 0 bridgehead atoms. The van der Waals surface area contributed by atoms with Crippen LogP contribution >= 0.6 is 0 Å². The third-order valence-corrected chi connectivity index (χ3v) is 5.07. The Balaban J connectivity index is 1.90. The molecule has 0 atom stereocenters. The van der Waals surface area contributed by atoms with Crippen molar-refractivity contribution in [1.29, 1.82) is 0 Å². The van der Waals surface area contributed by atoms with Gasteiger partial charge in [0, 0.05) is 25.0 Å². The Morgan fingerprint density at radius 2 is 2.09 bits per heavy atom. The minimum Gasteiger partial charge on any atom is -0.341 e. The molecule has 116 valence electrons. The molecule has 1 N–H and O–H groups in total. The Labute approximate surface area is 130 Å². The van der Waals surface area contributed by atoms with Crippen molar-refractivity contribution >= 4 is 15.6 Å². The van der Waals surface area contributed by atoms with Crippen LogP contribution in [0.1, 0.15) is 17.0 Å². The summed E-state index contributed by atoms with van der Waals surface area (Å²) in [5, 5.41) is 0. The van der Waals surface area contributed by atoms with E-state index in [-0.39, 0.29) is 0 Å². The third kappa shape index (κ3) is 2.82. The topological polar surface area (TPSA) is 79.0 Å². The van der Waals surface area contributed by atoms with Crippen LogP contribution in [-0.2, 0) is 10.0 Å². The number of hydrogen-bond acceptors (Lipinski definition) is 4. The van der Waals surface area contributed by atoms with Gasteiger partial charge in [-0.1, -0.05) is 6.08 Å². The molecule has 0 saturated carbocycles. The number of H-pyrrole nitrogens is 1. The number of rotatable bonds is 3. The van der Waals surface area contributed by atoms with Crippen molar-refractivity contribution < 1.29 is 8.42 Å². The van der Waals surface area contributed by atoms with E-state index in [0.29, 0.717) is 13.1 Å². The number of imidazole rings is 1. The van der Waals surface area contributed by atoms with Gasteiger partial charge in [-0.2, -0.15) is 4.31 Å². The van der Waals surface area contributed by atoms with Crippen LogP contribution in [-0.4, -0.2) is 47.0 Å². The summed E-state index contributed by atoms with van der Waals surface area (Å²) in [6.45, 7) is 4.74. The van der Waals surface area contributed by atoms with Gasteiger partial charge in [-0.05, 0) is 37.1 Å². The lowest BCUT2D eigenvalue weighted by Gasteiger charge is -2.12. The van der Waals surface area contributed by atoms with Gasteiger partial charge in [0.1, 0.15) is 5.69 Å². The molecule has 2 aromatic rings. The molecule has 3 heterocycles. The Hall–Kier alpha value is -1.99. The SMILES string of the molecule is Cc1nc(-c2cc(C3=CCN(S(C)(=O)=O)C3)ccn2)[nH]c1C. The molecule has 0 radical (unpaired) electrons. The Morgan fingerprint density at radius 1 is 1.32 bits per heavy atom. The van der Waals surface area contributed by atoms with Crippen molar-refractivity contribution in [3.05, 3.63) is 41.4 Å². The van der Waals surface area contributed by atoms with E-state index in [1.54, 1.807) is 6.20 Å². The molecule has 3 rings (SSSR count). The summed E-state index contributed by atoms with van der Waals surface area (Å²) in [4.78, 5) is 12.0.